The molecule has 27 heavy (non-hydrogen) atoms. The fourth-order valence-corrected chi connectivity index (χ4v) is 4.88. The van der Waals surface area contributed by atoms with Crippen LogP contribution in [0.1, 0.15) is 23.3 Å². The van der Waals surface area contributed by atoms with Crippen molar-refractivity contribution >= 4 is 43.4 Å². The van der Waals surface area contributed by atoms with Gasteiger partial charge in [0.25, 0.3) is 5.91 Å². The van der Waals surface area contributed by atoms with E-state index in [1.165, 1.54) is 0 Å². The van der Waals surface area contributed by atoms with Crippen LogP contribution in [0.5, 0.6) is 5.75 Å². The van der Waals surface area contributed by atoms with Gasteiger partial charge >= 0.3 is 0 Å². The third-order valence-electron chi connectivity index (χ3n) is 4.63. The van der Waals surface area contributed by atoms with Gasteiger partial charge in [-0.2, -0.15) is 0 Å². The van der Waals surface area contributed by atoms with Crippen LogP contribution < -0.4 is 10.1 Å². The maximum Gasteiger partial charge on any atom is 0.268 e. The summed E-state index contributed by atoms with van der Waals surface area (Å²) in [7, 11) is 0. The molecule has 0 radical (unpaired) electrons. The van der Waals surface area contributed by atoms with Crippen molar-refractivity contribution in [3.05, 3.63) is 51.9 Å². The molecule has 0 unspecified atom stereocenters. The summed E-state index contributed by atoms with van der Waals surface area (Å²) in [5.41, 5.74) is 1.71. The summed E-state index contributed by atoms with van der Waals surface area (Å²) in [6.07, 6.45) is 2.21. The molecule has 1 fully saturated rings. The molecule has 5 nitrogen and oxygen atoms in total. The number of fused-ring (bicyclic) bond motifs is 1. The number of amides is 1. The molecule has 1 saturated heterocycles. The van der Waals surface area contributed by atoms with Crippen LogP contribution in [0.3, 0.4) is 0 Å². The smallest absolute Gasteiger partial charge is 0.268 e. The number of halogens is 1. The molecule has 2 aromatic heterocycles. The molecule has 3 aromatic rings. The number of hydrogen-bond donors (Lipinski definition) is 1. The normalized spacial score (nSPS) is 16.7. The van der Waals surface area contributed by atoms with Crippen LogP contribution in [0.4, 0.5) is 0 Å². The average Bonchev–Trinajstić information content (AvgIpc) is 3.38. The highest BCUT2D eigenvalue weighted by Gasteiger charge is 2.20. The van der Waals surface area contributed by atoms with E-state index >= 15 is 0 Å². The minimum atomic E-state index is -0.0651. The number of nitrogens with zero attached hydrogens (tertiary/aromatic N) is 1. The molecule has 0 spiro atoms. The molecule has 1 atom stereocenters. The number of hydrogen-bond acceptors (Lipinski definition) is 4. The predicted molar refractivity (Wildman–Crippen MR) is 111 cm³/mol. The van der Waals surface area contributed by atoms with E-state index in [4.69, 9.17) is 9.47 Å². The topological polar surface area (TPSA) is 52.5 Å². The third kappa shape index (κ3) is 4.36. The second kappa shape index (κ2) is 8.46. The lowest BCUT2D eigenvalue weighted by Gasteiger charge is -2.14. The average molecular weight is 449 g/mol. The van der Waals surface area contributed by atoms with Gasteiger partial charge in [-0.1, -0.05) is 18.2 Å². The van der Waals surface area contributed by atoms with Gasteiger partial charge in [0.1, 0.15) is 18.1 Å². The number of carbonyl (C=O) groups excluding carboxylic acids is 1. The van der Waals surface area contributed by atoms with Crippen LogP contribution in [-0.2, 0) is 11.3 Å². The molecular weight excluding hydrogens is 428 g/mol. The van der Waals surface area contributed by atoms with Crippen molar-refractivity contribution in [2.24, 2.45) is 0 Å². The van der Waals surface area contributed by atoms with Gasteiger partial charge in [0.05, 0.1) is 26.7 Å². The van der Waals surface area contributed by atoms with Crippen molar-refractivity contribution in [3.63, 3.8) is 0 Å². The lowest BCUT2D eigenvalue weighted by Crippen LogP contribution is -2.33. The second-order valence-electron chi connectivity index (χ2n) is 6.49. The van der Waals surface area contributed by atoms with E-state index in [0.717, 1.165) is 39.2 Å². The van der Waals surface area contributed by atoms with E-state index in [2.05, 4.69) is 27.3 Å². The Hall–Kier alpha value is -1.83. The van der Waals surface area contributed by atoms with Crippen LogP contribution in [0.2, 0.25) is 0 Å². The summed E-state index contributed by atoms with van der Waals surface area (Å²) < 4.78 is 15.6. The van der Waals surface area contributed by atoms with E-state index in [0.29, 0.717) is 25.4 Å². The summed E-state index contributed by atoms with van der Waals surface area (Å²) in [5, 5.41) is 3.02. The minimum absolute atomic E-state index is 0.0651. The van der Waals surface area contributed by atoms with Gasteiger partial charge in [-0.25, -0.2) is 0 Å². The standard InChI is InChI=1S/C20H21BrN2O3S/c21-19-12-16-18(27-19)11-17(20(24)22-13-15-7-4-9-25-15)23(16)8-10-26-14-5-2-1-3-6-14/h1-3,5-6,11-12,15H,4,7-10,13H2,(H,22,24)/t15-/m1/s1. The number of benzene rings is 1. The molecule has 4 rings (SSSR count). The molecule has 0 saturated carbocycles. The predicted octanol–water partition coefficient (Wildman–Crippen LogP) is 4.45. The molecule has 1 aromatic carbocycles. The molecule has 1 amide bonds. The van der Waals surface area contributed by atoms with Gasteiger partial charge < -0.3 is 19.4 Å². The highest BCUT2D eigenvalue weighted by atomic mass is 79.9. The SMILES string of the molecule is O=C(NC[C@H]1CCCO1)c1cc2sc(Br)cc2n1CCOc1ccccc1. The zero-order chi connectivity index (χ0) is 18.6. The van der Waals surface area contributed by atoms with Crippen molar-refractivity contribution in [1.82, 2.24) is 9.88 Å². The molecular formula is C20H21BrN2O3S. The summed E-state index contributed by atoms with van der Waals surface area (Å²) in [6, 6.07) is 13.7. The first-order valence-corrected chi connectivity index (χ1v) is 10.7. The van der Waals surface area contributed by atoms with Crippen molar-refractivity contribution < 1.29 is 14.3 Å². The fraction of sp³-hybridized carbons (Fsp3) is 0.350. The summed E-state index contributed by atoms with van der Waals surface area (Å²) in [4.78, 5) is 12.8. The van der Waals surface area contributed by atoms with E-state index in [9.17, 15) is 4.79 Å². The van der Waals surface area contributed by atoms with E-state index in [1.807, 2.05) is 41.0 Å². The summed E-state index contributed by atoms with van der Waals surface area (Å²) in [5.74, 6) is 0.765. The Morgan fingerprint density at radius 3 is 2.96 bits per heavy atom. The van der Waals surface area contributed by atoms with Gasteiger partial charge in [-0.3, -0.25) is 4.79 Å². The number of thiophene rings is 1. The number of carbonyl (C=O) groups is 1. The van der Waals surface area contributed by atoms with Crippen LogP contribution in [0, 0.1) is 0 Å². The molecule has 0 aliphatic carbocycles. The third-order valence-corrected chi connectivity index (χ3v) is 6.21. The van der Waals surface area contributed by atoms with Crippen LogP contribution in [0.25, 0.3) is 10.2 Å². The molecule has 0 bridgehead atoms. The molecule has 1 aliphatic rings. The monoisotopic (exact) mass is 448 g/mol. The number of ether oxygens (including phenoxy) is 2. The largest absolute Gasteiger partial charge is 0.492 e. The molecule has 7 heteroatoms. The van der Waals surface area contributed by atoms with Gasteiger partial charge in [-0.05, 0) is 53.0 Å². The summed E-state index contributed by atoms with van der Waals surface area (Å²) >= 11 is 5.16. The fourth-order valence-electron chi connectivity index (χ4n) is 3.31. The second-order valence-corrected chi connectivity index (χ2v) is 8.95. The van der Waals surface area contributed by atoms with Crippen molar-refractivity contribution in [3.8, 4) is 5.75 Å². The van der Waals surface area contributed by atoms with Gasteiger partial charge in [0.15, 0.2) is 0 Å². The van der Waals surface area contributed by atoms with Crippen LogP contribution >= 0.6 is 27.3 Å². The first-order chi connectivity index (χ1) is 13.2. The van der Waals surface area contributed by atoms with Crippen LogP contribution in [0.15, 0.2) is 46.3 Å². The minimum Gasteiger partial charge on any atom is -0.492 e. The number of nitrogens with one attached hydrogen (secondary N) is 1. The first-order valence-electron chi connectivity index (χ1n) is 9.07. The Labute approximate surface area is 170 Å². The Morgan fingerprint density at radius 2 is 2.19 bits per heavy atom. The first kappa shape index (κ1) is 18.5. The Morgan fingerprint density at radius 1 is 1.33 bits per heavy atom. The Kier molecular flexibility index (Phi) is 5.80. The lowest BCUT2D eigenvalue weighted by molar-refractivity contribution is 0.0850. The van der Waals surface area contributed by atoms with Crippen molar-refractivity contribution in [2.75, 3.05) is 19.8 Å². The van der Waals surface area contributed by atoms with E-state index < -0.39 is 0 Å². The molecule has 1 N–H and O–H groups in total. The Balaban J connectivity index is 1.48. The summed E-state index contributed by atoms with van der Waals surface area (Å²) in [6.45, 7) is 2.44. The molecule has 142 valence electrons. The number of aromatic nitrogens is 1. The zero-order valence-electron chi connectivity index (χ0n) is 14.8. The van der Waals surface area contributed by atoms with Gasteiger partial charge in [-0.15, -0.1) is 11.3 Å². The number of rotatable bonds is 7. The highest BCUT2D eigenvalue weighted by molar-refractivity contribution is 9.11. The van der Waals surface area contributed by atoms with Gasteiger partial charge in [0.2, 0.25) is 0 Å². The number of para-hydroxylation sites is 1. The van der Waals surface area contributed by atoms with Crippen molar-refractivity contribution in [2.45, 2.75) is 25.5 Å². The maximum atomic E-state index is 12.8. The highest BCUT2D eigenvalue weighted by Crippen LogP contribution is 2.32. The quantitative estimate of drug-likeness (QED) is 0.580. The van der Waals surface area contributed by atoms with E-state index in [1.54, 1.807) is 11.3 Å². The lowest BCUT2D eigenvalue weighted by atomic mass is 10.2. The van der Waals surface area contributed by atoms with E-state index in [-0.39, 0.29) is 12.0 Å². The molecule has 3 heterocycles. The Bertz CT molecular complexity index is 916. The van der Waals surface area contributed by atoms with Gasteiger partial charge in [0, 0.05) is 13.2 Å². The van der Waals surface area contributed by atoms with Crippen molar-refractivity contribution in [1.29, 1.82) is 0 Å². The maximum absolute atomic E-state index is 12.8. The zero-order valence-corrected chi connectivity index (χ0v) is 17.2. The molecule has 1 aliphatic heterocycles. The van der Waals surface area contributed by atoms with Crippen LogP contribution in [-0.4, -0.2) is 36.3 Å².